The van der Waals surface area contributed by atoms with E-state index < -0.39 is 23.3 Å². The lowest BCUT2D eigenvalue weighted by atomic mass is 10.2. The molecule has 10 heteroatoms. The zero-order valence-corrected chi connectivity index (χ0v) is 15.4. The highest BCUT2D eigenvalue weighted by atomic mass is 32.1. The summed E-state index contributed by atoms with van der Waals surface area (Å²) in [6, 6.07) is 4.52. The maximum atomic E-state index is 14.6. The van der Waals surface area contributed by atoms with Crippen molar-refractivity contribution in [1.29, 1.82) is 0 Å². The van der Waals surface area contributed by atoms with Crippen LogP contribution in [0.25, 0.3) is 0 Å². The van der Waals surface area contributed by atoms with Crippen molar-refractivity contribution < 1.29 is 18.7 Å². The molecule has 0 saturated carbocycles. The van der Waals surface area contributed by atoms with Gasteiger partial charge in [-0.15, -0.1) is 0 Å². The number of halogens is 1. The van der Waals surface area contributed by atoms with Crippen molar-refractivity contribution in [3.8, 4) is 0 Å². The van der Waals surface area contributed by atoms with Crippen LogP contribution in [-0.2, 0) is 11.3 Å². The van der Waals surface area contributed by atoms with E-state index in [-0.39, 0.29) is 13.1 Å². The molecule has 0 radical (unpaired) electrons. The Hall–Kier alpha value is -2.88. The Morgan fingerprint density at radius 3 is 2.96 bits per heavy atom. The maximum Gasteiger partial charge on any atom is 0.414 e. The van der Waals surface area contributed by atoms with Gasteiger partial charge in [0, 0.05) is 19.4 Å². The molecule has 1 aliphatic rings. The molecule has 2 amide bonds. The monoisotopic (exact) mass is 391 g/mol. The predicted molar refractivity (Wildman–Crippen MR) is 101 cm³/mol. The number of cyclic esters (lactones) is 1. The molecule has 0 bridgehead atoms. The molecule has 1 fully saturated rings. The molecule has 2 heterocycles. The largest absolute Gasteiger partial charge is 0.442 e. The Kier molecular flexibility index (Phi) is 5.75. The minimum Gasteiger partial charge on any atom is -0.442 e. The number of carbonyl (C=O) groups is 2. The molecule has 1 aromatic heterocycles. The van der Waals surface area contributed by atoms with Crippen LogP contribution in [0.5, 0.6) is 0 Å². The molecule has 1 unspecified atom stereocenters. The fourth-order valence-electron chi connectivity index (χ4n) is 2.75. The van der Waals surface area contributed by atoms with Crippen LogP contribution in [-0.4, -0.2) is 47.5 Å². The number of nitrogens with one attached hydrogen (secondary N) is 1. The first-order valence-corrected chi connectivity index (χ1v) is 8.59. The second kappa shape index (κ2) is 8.21. The smallest absolute Gasteiger partial charge is 0.414 e. The lowest BCUT2D eigenvalue weighted by Crippen LogP contribution is -2.32. The van der Waals surface area contributed by atoms with Gasteiger partial charge in [-0.1, -0.05) is 12.6 Å². The van der Waals surface area contributed by atoms with Gasteiger partial charge >= 0.3 is 6.09 Å². The standard InChI is InChI=1S/C17H18FN5O3S/c1-22(9-11-7-19-4-5-20-11)15-3-2-12(6-14(15)18)23-10-13(26-17(23)25)8-21-16(24)27/h2-7,13H,8-10H2,1H3,(H2,21,24,27). The number of aromatic nitrogens is 2. The Morgan fingerprint density at radius 1 is 1.48 bits per heavy atom. The molecular weight excluding hydrogens is 373 g/mol. The van der Waals surface area contributed by atoms with Crippen molar-refractivity contribution in [2.45, 2.75) is 12.6 Å². The molecule has 2 aromatic rings. The van der Waals surface area contributed by atoms with Crippen LogP contribution in [0.3, 0.4) is 0 Å². The van der Waals surface area contributed by atoms with Crippen molar-refractivity contribution in [3.05, 3.63) is 48.3 Å². The predicted octanol–water partition coefficient (Wildman–Crippen LogP) is 2.22. The van der Waals surface area contributed by atoms with Gasteiger partial charge in [0.2, 0.25) is 0 Å². The van der Waals surface area contributed by atoms with Crippen LogP contribution in [0.4, 0.5) is 25.4 Å². The highest BCUT2D eigenvalue weighted by molar-refractivity contribution is 7.96. The Bertz CT molecular complexity index is 839. The summed E-state index contributed by atoms with van der Waals surface area (Å²) in [4.78, 5) is 34.1. The van der Waals surface area contributed by atoms with Gasteiger partial charge in [-0.25, -0.2) is 9.18 Å². The summed E-state index contributed by atoms with van der Waals surface area (Å²) >= 11 is 3.60. The molecule has 1 N–H and O–H groups in total. The van der Waals surface area contributed by atoms with E-state index in [1.54, 1.807) is 42.7 Å². The number of benzene rings is 1. The van der Waals surface area contributed by atoms with E-state index in [1.165, 1.54) is 11.0 Å². The summed E-state index contributed by atoms with van der Waals surface area (Å²) < 4.78 is 19.8. The first-order valence-electron chi connectivity index (χ1n) is 8.14. The van der Waals surface area contributed by atoms with Crippen LogP contribution in [0.1, 0.15) is 5.69 Å². The molecule has 0 aliphatic carbocycles. The molecule has 1 atom stereocenters. The number of hydrogen-bond donors (Lipinski definition) is 2. The third-order valence-electron chi connectivity index (χ3n) is 4.03. The van der Waals surface area contributed by atoms with E-state index in [0.717, 1.165) is 0 Å². The third-order valence-corrected chi connectivity index (χ3v) is 4.18. The van der Waals surface area contributed by atoms with Crippen molar-refractivity contribution in [2.75, 3.05) is 29.9 Å². The van der Waals surface area contributed by atoms with Crippen LogP contribution < -0.4 is 15.1 Å². The highest BCUT2D eigenvalue weighted by Crippen LogP contribution is 2.28. The average Bonchev–Trinajstić information content (AvgIpc) is 3.01. The SMILES string of the molecule is CN(Cc1cnccn1)c1ccc(N2CC(CNC(=O)S)OC2=O)cc1F. The lowest BCUT2D eigenvalue weighted by molar-refractivity contribution is 0.141. The fourth-order valence-corrected chi connectivity index (χ4v) is 2.84. The molecule has 3 rings (SSSR count). The molecule has 1 aromatic carbocycles. The van der Waals surface area contributed by atoms with Crippen molar-refractivity contribution in [1.82, 2.24) is 15.3 Å². The maximum absolute atomic E-state index is 14.6. The summed E-state index contributed by atoms with van der Waals surface area (Å²) in [5.74, 6) is -0.473. The molecule has 8 nitrogen and oxygen atoms in total. The number of ether oxygens (including phenoxy) is 1. The zero-order valence-electron chi connectivity index (χ0n) is 14.5. The van der Waals surface area contributed by atoms with Crippen molar-refractivity contribution >= 4 is 35.3 Å². The zero-order chi connectivity index (χ0) is 19.4. The van der Waals surface area contributed by atoms with E-state index in [0.29, 0.717) is 23.6 Å². The van der Waals surface area contributed by atoms with Crippen molar-refractivity contribution in [3.63, 3.8) is 0 Å². The second-order valence-corrected chi connectivity index (χ2v) is 6.40. The molecule has 1 aliphatic heterocycles. The van der Waals surface area contributed by atoms with Gasteiger partial charge in [-0.3, -0.25) is 19.7 Å². The topological polar surface area (TPSA) is 87.7 Å². The van der Waals surface area contributed by atoms with E-state index in [4.69, 9.17) is 4.74 Å². The van der Waals surface area contributed by atoms with Crippen LogP contribution >= 0.6 is 12.6 Å². The lowest BCUT2D eigenvalue weighted by Gasteiger charge is -2.21. The first kappa shape index (κ1) is 18.9. The van der Waals surface area contributed by atoms with E-state index in [1.807, 2.05) is 0 Å². The number of anilines is 2. The number of thiol groups is 1. The van der Waals surface area contributed by atoms with Gasteiger partial charge in [0.1, 0.15) is 11.9 Å². The van der Waals surface area contributed by atoms with Crippen molar-refractivity contribution in [2.24, 2.45) is 0 Å². The molecule has 142 valence electrons. The third kappa shape index (κ3) is 4.64. The minimum atomic E-state index is -0.589. The number of hydrogen-bond acceptors (Lipinski definition) is 6. The Labute approximate surface area is 160 Å². The van der Waals surface area contributed by atoms with E-state index >= 15 is 0 Å². The summed E-state index contributed by atoms with van der Waals surface area (Å²) in [7, 11) is 1.74. The van der Waals surface area contributed by atoms with Gasteiger partial charge in [-0.05, 0) is 18.2 Å². The van der Waals surface area contributed by atoms with Crippen LogP contribution in [0.2, 0.25) is 0 Å². The number of nitrogens with zero attached hydrogens (tertiary/aromatic N) is 4. The van der Waals surface area contributed by atoms with E-state index in [2.05, 4.69) is 27.9 Å². The highest BCUT2D eigenvalue weighted by Gasteiger charge is 2.32. The fraction of sp³-hybridized carbons (Fsp3) is 0.294. The van der Waals surface area contributed by atoms with Gasteiger partial charge < -0.3 is 15.0 Å². The first-order chi connectivity index (χ1) is 12.9. The molecule has 1 saturated heterocycles. The second-order valence-electron chi connectivity index (χ2n) is 5.99. The molecule has 0 spiro atoms. The van der Waals surface area contributed by atoms with Gasteiger partial charge in [0.15, 0.2) is 0 Å². The minimum absolute atomic E-state index is 0.145. The average molecular weight is 391 g/mol. The van der Waals surface area contributed by atoms with Gasteiger partial charge in [0.25, 0.3) is 5.24 Å². The summed E-state index contributed by atoms with van der Waals surface area (Å²) in [5.41, 5.74) is 1.46. The summed E-state index contributed by atoms with van der Waals surface area (Å²) in [6.07, 6.45) is 3.66. The van der Waals surface area contributed by atoms with Crippen LogP contribution in [0, 0.1) is 5.82 Å². The number of carbonyl (C=O) groups excluding carboxylic acids is 2. The van der Waals surface area contributed by atoms with Crippen LogP contribution in [0.15, 0.2) is 36.8 Å². The number of rotatable bonds is 6. The number of amides is 2. The molecule has 27 heavy (non-hydrogen) atoms. The quantitative estimate of drug-likeness (QED) is 0.735. The Morgan fingerprint density at radius 2 is 2.30 bits per heavy atom. The summed E-state index contributed by atoms with van der Waals surface area (Å²) in [5, 5.41) is 1.96. The summed E-state index contributed by atoms with van der Waals surface area (Å²) in [6.45, 7) is 0.745. The Balaban J connectivity index is 1.69. The van der Waals surface area contributed by atoms with E-state index in [9.17, 15) is 14.0 Å². The van der Waals surface area contributed by atoms with Gasteiger partial charge in [0.05, 0.1) is 42.9 Å². The normalized spacial score (nSPS) is 16.2. The molecular formula is C17H18FN5O3S. The van der Waals surface area contributed by atoms with Gasteiger partial charge in [-0.2, -0.15) is 0 Å².